The minimum Gasteiger partial charge on any atom is -0.296 e. The molecule has 0 aliphatic carbocycles. The molecule has 0 radical (unpaired) electrons. The summed E-state index contributed by atoms with van der Waals surface area (Å²) in [6, 6.07) is 1.81. The third-order valence-electron chi connectivity index (χ3n) is 2.08. The third-order valence-corrected chi connectivity index (χ3v) is 2.08. The summed E-state index contributed by atoms with van der Waals surface area (Å²) in [7, 11) is 0. The quantitative estimate of drug-likeness (QED) is 0.800. The van der Waals surface area contributed by atoms with Gasteiger partial charge in [-0.15, -0.1) is 0 Å². The van der Waals surface area contributed by atoms with Gasteiger partial charge in [0.1, 0.15) is 6.33 Å². The highest BCUT2D eigenvalue weighted by Gasteiger charge is 2.05. The number of nitrogens with one attached hydrogen (secondary N) is 1. The van der Waals surface area contributed by atoms with E-state index in [4.69, 9.17) is 0 Å². The van der Waals surface area contributed by atoms with Gasteiger partial charge in [-0.2, -0.15) is 0 Å². The number of hydrogen-bond acceptors (Lipinski definition) is 4. The predicted octanol–water partition coefficient (Wildman–Crippen LogP) is 0.852. The molecule has 1 rings (SSSR count). The number of imide groups is 1. The van der Waals surface area contributed by atoms with Crippen LogP contribution in [0, 0.1) is 0 Å². The molecule has 0 aliphatic rings. The van der Waals surface area contributed by atoms with Crippen molar-refractivity contribution in [2.24, 2.45) is 0 Å². The normalized spacial score (nSPS) is 9.81. The van der Waals surface area contributed by atoms with Gasteiger partial charge in [0.25, 0.3) is 0 Å². The van der Waals surface area contributed by atoms with Crippen LogP contribution in [0.3, 0.4) is 0 Å². The van der Waals surface area contributed by atoms with E-state index in [1.54, 1.807) is 13.1 Å². The van der Waals surface area contributed by atoms with E-state index in [2.05, 4.69) is 15.3 Å². The Bertz CT molecular complexity index is 352. The Morgan fingerprint density at radius 1 is 1.38 bits per heavy atom. The van der Waals surface area contributed by atoms with Crippen LogP contribution in [0.5, 0.6) is 0 Å². The number of amides is 2. The summed E-state index contributed by atoms with van der Waals surface area (Å²) in [6.07, 6.45) is 5.22. The van der Waals surface area contributed by atoms with Gasteiger partial charge in [-0.3, -0.25) is 14.9 Å². The molecule has 5 heteroatoms. The van der Waals surface area contributed by atoms with Crippen molar-refractivity contribution < 1.29 is 9.59 Å². The van der Waals surface area contributed by atoms with Crippen molar-refractivity contribution in [3.63, 3.8) is 0 Å². The summed E-state index contributed by atoms with van der Waals surface area (Å²) < 4.78 is 0. The minimum atomic E-state index is -0.230. The van der Waals surface area contributed by atoms with Crippen LogP contribution in [-0.2, 0) is 16.0 Å². The van der Waals surface area contributed by atoms with Crippen LogP contribution in [0.25, 0.3) is 0 Å². The second kappa shape index (κ2) is 6.66. The molecule has 1 N–H and O–H groups in total. The molecular weight excluding hydrogens is 206 g/mol. The minimum absolute atomic E-state index is 0.221. The van der Waals surface area contributed by atoms with Crippen molar-refractivity contribution in [1.29, 1.82) is 0 Å². The van der Waals surface area contributed by atoms with Crippen LogP contribution in [0.2, 0.25) is 0 Å². The number of aryl methyl sites for hydroxylation is 1. The monoisotopic (exact) mass is 221 g/mol. The molecule has 0 atom stereocenters. The number of carbonyl (C=O) groups excluding carboxylic acids is 2. The van der Waals surface area contributed by atoms with Gasteiger partial charge in [0.15, 0.2) is 0 Å². The van der Waals surface area contributed by atoms with Crippen molar-refractivity contribution in [3.8, 4) is 0 Å². The predicted molar refractivity (Wildman–Crippen MR) is 58.4 cm³/mol. The largest absolute Gasteiger partial charge is 0.296 e. The smallest absolute Gasteiger partial charge is 0.226 e. The van der Waals surface area contributed by atoms with Crippen molar-refractivity contribution in [2.75, 3.05) is 0 Å². The first-order valence-electron chi connectivity index (χ1n) is 5.30. The summed E-state index contributed by atoms with van der Waals surface area (Å²) in [6.45, 7) is 1.71. The lowest BCUT2D eigenvalue weighted by Gasteiger charge is -2.02. The first-order chi connectivity index (χ1) is 7.72. The van der Waals surface area contributed by atoms with Crippen molar-refractivity contribution in [1.82, 2.24) is 15.3 Å². The third kappa shape index (κ3) is 4.63. The molecule has 0 spiro atoms. The molecule has 0 aromatic carbocycles. The van der Waals surface area contributed by atoms with Crippen molar-refractivity contribution in [2.45, 2.75) is 32.6 Å². The molecule has 0 saturated heterocycles. The standard InChI is InChI=1S/C11H15N3O2/c1-2-10(15)14-11(16)5-3-4-9-6-7-12-8-13-9/h6-8H,2-5H2,1H3,(H,14,15,16). The van der Waals surface area contributed by atoms with Crippen LogP contribution in [0.15, 0.2) is 18.6 Å². The molecule has 0 unspecified atom stereocenters. The number of hydrogen-bond donors (Lipinski definition) is 1. The maximum atomic E-state index is 11.2. The van der Waals surface area contributed by atoms with Gasteiger partial charge in [0.2, 0.25) is 11.8 Å². The second-order valence-electron chi connectivity index (χ2n) is 3.38. The summed E-state index contributed by atoms with van der Waals surface area (Å²) in [5.74, 6) is -0.451. The van der Waals surface area contributed by atoms with Crippen LogP contribution in [0.1, 0.15) is 31.9 Å². The van der Waals surface area contributed by atoms with Crippen LogP contribution < -0.4 is 5.32 Å². The first-order valence-corrected chi connectivity index (χ1v) is 5.30. The second-order valence-corrected chi connectivity index (χ2v) is 3.38. The van der Waals surface area contributed by atoms with Gasteiger partial charge in [-0.05, 0) is 18.9 Å². The maximum absolute atomic E-state index is 11.2. The highest BCUT2D eigenvalue weighted by molar-refractivity contribution is 5.94. The Balaban J connectivity index is 2.21. The molecule has 1 heterocycles. The molecule has 0 bridgehead atoms. The molecule has 2 amide bonds. The Labute approximate surface area is 94.3 Å². The Hall–Kier alpha value is -1.78. The average Bonchev–Trinajstić information content (AvgIpc) is 2.30. The fourth-order valence-corrected chi connectivity index (χ4v) is 1.20. The van der Waals surface area contributed by atoms with Crippen molar-refractivity contribution in [3.05, 3.63) is 24.3 Å². The zero-order valence-corrected chi connectivity index (χ0v) is 9.27. The van der Waals surface area contributed by atoms with Crippen LogP contribution in [-0.4, -0.2) is 21.8 Å². The van der Waals surface area contributed by atoms with E-state index in [-0.39, 0.29) is 11.8 Å². The van der Waals surface area contributed by atoms with Gasteiger partial charge >= 0.3 is 0 Å². The number of aromatic nitrogens is 2. The highest BCUT2D eigenvalue weighted by Crippen LogP contribution is 2.00. The van der Waals surface area contributed by atoms with E-state index < -0.39 is 0 Å². The Morgan fingerprint density at radius 3 is 2.81 bits per heavy atom. The molecule has 0 saturated carbocycles. The molecule has 0 fully saturated rings. The SMILES string of the molecule is CCC(=O)NC(=O)CCCc1ccncn1. The Morgan fingerprint density at radius 2 is 2.19 bits per heavy atom. The van der Waals surface area contributed by atoms with Gasteiger partial charge in [-0.1, -0.05) is 6.92 Å². The molecular formula is C11H15N3O2. The summed E-state index contributed by atoms with van der Waals surface area (Å²) in [5, 5.41) is 2.31. The van der Waals surface area contributed by atoms with Gasteiger partial charge in [-0.25, -0.2) is 9.97 Å². The zero-order chi connectivity index (χ0) is 11.8. The van der Waals surface area contributed by atoms with Gasteiger partial charge in [0, 0.05) is 24.7 Å². The lowest BCUT2D eigenvalue weighted by molar-refractivity contribution is -0.130. The molecule has 16 heavy (non-hydrogen) atoms. The molecule has 1 aromatic heterocycles. The zero-order valence-electron chi connectivity index (χ0n) is 9.27. The fourth-order valence-electron chi connectivity index (χ4n) is 1.20. The number of carbonyl (C=O) groups is 2. The highest BCUT2D eigenvalue weighted by atomic mass is 16.2. The molecule has 1 aromatic rings. The van der Waals surface area contributed by atoms with E-state index in [9.17, 15) is 9.59 Å². The lowest BCUT2D eigenvalue weighted by atomic mass is 10.2. The van der Waals surface area contributed by atoms with Gasteiger partial charge in [0.05, 0.1) is 0 Å². The lowest BCUT2D eigenvalue weighted by Crippen LogP contribution is -2.29. The Kier molecular flexibility index (Phi) is 5.11. The average molecular weight is 221 g/mol. The van der Waals surface area contributed by atoms with Crippen LogP contribution >= 0.6 is 0 Å². The number of rotatable bonds is 5. The van der Waals surface area contributed by atoms with Gasteiger partial charge < -0.3 is 0 Å². The van der Waals surface area contributed by atoms with E-state index in [1.807, 2.05) is 6.07 Å². The molecule has 5 nitrogen and oxygen atoms in total. The summed E-state index contributed by atoms with van der Waals surface area (Å²) in [4.78, 5) is 30.0. The van der Waals surface area contributed by atoms with Crippen LogP contribution in [0.4, 0.5) is 0 Å². The topological polar surface area (TPSA) is 72.0 Å². The van der Waals surface area contributed by atoms with E-state index >= 15 is 0 Å². The van der Waals surface area contributed by atoms with E-state index in [0.29, 0.717) is 19.3 Å². The summed E-state index contributed by atoms with van der Waals surface area (Å²) in [5.41, 5.74) is 0.907. The fraction of sp³-hybridized carbons (Fsp3) is 0.455. The maximum Gasteiger partial charge on any atom is 0.226 e. The first kappa shape index (κ1) is 12.3. The van der Waals surface area contributed by atoms with Crippen molar-refractivity contribution >= 4 is 11.8 Å². The van der Waals surface area contributed by atoms with E-state index in [0.717, 1.165) is 12.1 Å². The molecule has 0 aliphatic heterocycles. The van der Waals surface area contributed by atoms with E-state index in [1.165, 1.54) is 6.33 Å². The molecule has 86 valence electrons. The summed E-state index contributed by atoms with van der Waals surface area (Å²) >= 11 is 0. The number of nitrogens with zero attached hydrogens (tertiary/aromatic N) is 2.